The maximum Gasteiger partial charge on any atom is 0.149 e. The summed E-state index contributed by atoms with van der Waals surface area (Å²) in [6.07, 6.45) is 4.03. The van der Waals surface area contributed by atoms with Gasteiger partial charge >= 0.3 is 0 Å². The number of benzene rings is 1. The summed E-state index contributed by atoms with van der Waals surface area (Å²) >= 11 is 6.08. The Labute approximate surface area is 111 Å². The largest absolute Gasteiger partial charge is 0.385 e. The maximum atomic E-state index is 6.08. The SMILES string of the molecule is Clc1cccnc1Nc1ccc2c(c1)CCCN2. The smallest absolute Gasteiger partial charge is 0.149 e. The molecule has 0 bridgehead atoms. The Kier molecular flexibility index (Phi) is 3.07. The Balaban J connectivity index is 1.87. The highest BCUT2D eigenvalue weighted by atomic mass is 35.5. The van der Waals surface area contributed by atoms with Gasteiger partial charge in [-0.05, 0) is 48.7 Å². The van der Waals surface area contributed by atoms with Gasteiger partial charge in [-0.25, -0.2) is 4.98 Å². The van der Waals surface area contributed by atoms with E-state index in [0.29, 0.717) is 10.8 Å². The number of nitrogens with one attached hydrogen (secondary N) is 2. The highest BCUT2D eigenvalue weighted by molar-refractivity contribution is 6.33. The molecule has 0 atom stereocenters. The van der Waals surface area contributed by atoms with E-state index in [2.05, 4.69) is 27.8 Å². The third-order valence-corrected chi connectivity index (χ3v) is 3.37. The van der Waals surface area contributed by atoms with Crippen molar-refractivity contribution in [1.82, 2.24) is 4.98 Å². The van der Waals surface area contributed by atoms with Crippen molar-refractivity contribution in [3.8, 4) is 0 Å². The zero-order valence-electron chi connectivity index (χ0n) is 9.91. The summed E-state index contributed by atoms with van der Waals surface area (Å²) in [6, 6.07) is 9.96. The van der Waals surface area contributed by atoms with Crippen molar-refractivity contribution in [1.29, 1.82) is 0 Å². The lowest BCUT2D eigenvalue weighted by Gasteiger charge is -2.19. The summed E-state index contributed by atoms with van der Waals surface area (Å²) in [6.45, 7) is 1.06. The summed E-state index contributed by atoms with van der Waals surface area (Å²) in [5.41, 5.74) is 3.61. The van der Waals surface area contributed by atoms with Gasteiger partial charge in [0.05, 0.1) is 5.02 Å². The van der Waals surface area contributed by atoms with Gasteiger partial charge in [-0.15, -0.1) is 0 Å². The predicted molar refractivity (Wildman–Crippen MR) is 75.8 cm³/mol. The first-order valence-electron chi connectivity index (χ1n) is 6.07. The Hall–Kier alpha value is -1.74. The average molecular weight is 260 g/mol. The molecule has 1 aliphatic heterocycles. The molecule has 0 fully saturated rings. The summed E-state index contributed by atoms with van der Waals surface area (Å²) in [7, 11) is 0. The van der Waals surface area contributed by atoms with Crippen molar-refractivity contribution < 1.29 is 0 Å². The summed E-state index contributed by atoms with van der Waals surface area (Å²) < 4.78 is 0. The number of halogens is 1. The van der Waals surface area contributed by atoms with E-state index in [1.807, 2.05) is 18.2 Å². The van der Waals surface area contributed by atoms with Crippen molar-refractivity contribution in [2.24, 2.45) is 0 Å². The van der Waals surface area contributed by atoms with Crippen LogP contribution in [0.2, 0.25) is 5.02 Å². The van der Waals surface area contributed by atoms with Crippen LogP contribution in [0.15, 0.2) is 36.5 Å². The minimum absolute atomic E-state index is 0.633. The molecule has 0 aliphatic carbocycles. The minimum Gasteiger partial charge on any atom is -0.385 e. The van der Waals surface area contributed by atoms with Gasteiger partial charge in [-0.3, -0.25) is 0 Å². The lowest BCUT2D eigenvalue weighted by molar-refractivity contribution is 0.830. The van der Waals surface area contributed by atoms with E-state index < -0.39 is 0 Å². The number of aryl methyl sites for hydroxylation is 1. The van der Waals surface area contributed by atoms with Crippen LogP contribution in [-0.4, -0.2) is 11.5 Å². The molecule has 0 saturated carbocycles. The summed E-state index contributed by atoms with van der Waals surface area (Å²) in [5.74, 6) is 0.697. The average Bonchev–Trinajstić information content (AvgIpc) is 2.41. The van der Waals surface area contributed by atoms with Gasteiger partial charge < -0.3 is 10.6 Å². The third kappa shape index (κ3) is 2.27. The van der Waals surface area contributed by atoms with Gasteiger partial charge in [-0.2, -0.15) is 0 Å². The second-order valence-corrected chi connectivity index (χ2v) is 4.77. The second-order valence-electron chi connectivity index (χ2n) is 4.36. The van der Waals surface area contributed by atoms with Gasteiger partial charge in [0, 0.05) is 24.1 Å². The molecule has 1 aromatic carbocycles. The van der Waals surface area contributed by atoms with Gasteiger partial charge in [0.25, 0.3) is 0 Å². The number of fused-ring (bicyclic) bond motifs is 1. The Morgan fingerprint density at radius 1 is 1.28 bits per heavy atom. The van der Waals surface area contributed by atoms with Crippen LogP contribution in [0.25, 0.3) is 0 Å². The molecule has 2 N–H and O–H groups in total. The molecular formula is C14H14ClN3. The Morgan fingerprint density at radius 2 is 2.22 bits per heavy atom. The Morgan fingerprint density at radius 3 is 3.11 bits per heavy atom. The lowest BCUT2D eigenvalue weighted by Crippen LogP contribution is -2.11. The fourth-order valence-electron chi connectivity index (χ4n) is 2.17. The fraction of sp³-hybridized carbons (Fsp3) is 0.214. The molecule has 0 saturated heterocycles. The molecule has 0 unspecified atom stereocenters. The number of hydrogen-bond acceptors (Lipinski definition) is 3. The van der Waals surface area contributed by atoms with Crippen LogP contribution in [0.4, 0.5) is 17.2 Å². The predicted octanol–water partition coefficient (Wildman–Crippen LogP) is 3.84. The van der Waals surface area contributed by atoms with Crippen LogP contribution in [-0.2, 0) is 6.42 Å². The molecule has 2 heterocycles. The van der Waals surface area contributed by atoms with Crippen LogP contribution in [0.1, 0.15) is 12.0 Å². The number of aromatic nitrogens is 1. The highest BCUT2D eigenvalue weighted by Crippen LogP contribution is 2.28. The second kappa shape index (κ2) is 4.86. The van der Waals surface area contributed by atoms with Crippen LogP contribution >= 0.6 is 11.6 Å². The zero-order valence-corrected chi connectivity index (χ0v) is 10.7. The molecule has 3 rings (SSSR count). The van der Waals surface area contributed by atoms with Crippen molar-refractivity contribution in [2.45, 2.75) is 12.8 Å². The van der Waals surface area contributed by atoms with Crippen molar-refractivity contribution in [3.05, 3.63) is 47.1 Å². The number of anilines is 3. The molecular weight excluding hydrogens is 246 g/mol. The van der Waals surface area contributed by atoms with Crippen LogP contribution in [0.3, 0.4) is 0 Å². The van der Waals surface area contributed by atoms with Crippen molar-refractivity contribution in [2.75, 3.05) is 17.2 Å². The highest BCUT2D eigenvalue weighted by Gasteiger charge is 2.09. The molecule has 1 aromatic heterocycles. The zero-order chi connectivity index (χ0) is 12.4. The van der Waals surface area contributed by atoms with Crippen LogP contribution in [0, 0.1) is 0 Å². The molecule has 92 valence electrons. The minimum atomic E-state index is 0.633. The monoisotopic (exact) mass is 259 g/mol. The van der Waals surface area contributed by atoms with Crippen LogP contribution in [0.5, 0.6) is 0 Å². The standard InChI is InChI=1S/C14H14ClN3/c15-12-4-2-8-17-14(12)18-11-5-6-13-10(9-11)3-1-7-16-13/h2,4-6,8-9,16H,1,3,7H2,(H,17,18). The van der Waals surface area contributed by atoms with E-state index in [-0.39, 0.29) is 0 Å². The van der Waals surface area contributed by atoms with Gasteiger partial charge in [0.1, 0.15) is 5.82 Å². The van der Waals surface area contributed by atoms with Crippen LogP contribution < -0.4 is 10.6 Å². The molecule has 0 spiro atoms. The van der Waals surface area contributed by atoms with E-state index in [1.54, 1.807) is 6.20 Å². The fourth-order valence-corrected chi connectivity index (χ4v) is 2.34. The third-order valence-electron chi connectivity index (χ3n) is 3.06. The van der Waals surface area contributed by atoms with Crippen molar-refractivity contribution >= 4 is 28.8 Å². The number of hydrogen-bond donors (Lipinski definition) is 2. The molecule has 18 heavy (non-hydrogen) atoms. The summed E-state index contributed by atoms with van der Waals surface area (Å²) in [5, 5.41) is 7.28. The maximum absolute atomic E-state index is 6.08. The van der Waals surface area contributed by atoms with Crippen molar-refractivity contribution in [3.63, 3.8) is 0 Å². The van der Waals surface area contributed by atoms with E-state index in [4.69, 9.17) is 11.6 Å². The normalized spacial score (nSPS) is 13.6. The van der Waals surface area contributed by atoms with E-state index >= 15 is 0 Å². The topological polar surface area (TPSA) is 37.0 Å². The van der Waals surface area contributed by atoms with Gasteiger partial charge in [0.15, 0.2) is 0 Å². The number of pyridine rings is 1. The first-order valence-corrected chi connectivity index (χ1v) is 6.45. The molecule has 4 heteroatoms. The first kappa shape index (κ1) is 11.4. The van der Waals surface area contributed by atoms with Gasteiger partial charge in [0.2, 0.25) is 0 Å². The molecule has 1 aliphatic rings. The quantitative estimate of drug-likeness (QED) is 0.861. The molecule has 3 nitrogen and oxygen atoms in total. The van der Waals surface area contributed by atoms with E-state index in [0.717, 1.165) is 18.7 Å². The van der Waals surface area contributed by atoms with E-state index in [1.165, 1.54) is 17.7 Å². The molecule has 2 aromatic rings. The number of rotatable bonds is 2. The summed E-state index contributed by atoms with van der Waals surface area (Å²) in [4.78, 5) is 4.23. The van der Waals surface area contributed by atoms with E-state index in [9.17, 15) is 0 Å². The molecule has 0 amide bonds. The molecule has 0 radical (unpaired) electrons. The Bertz CT molecular complexity index is 569. The lowest BCUT2D eigenvalue weighted by atomic mass is 10.0. The first-order chi connectivity index (χ1) is 8.83. The van der Waals surface area contributed by atoms with Gasteiger partial charge in [-0.1, -0.05) is 11.6 Å². The number of nitrogens with zero attached hydrogens (tertiary/aromatic N) is 1.